The van der Waals surface area contributed by atoms with Gasteiger partial charge in [-0.25, -0.2) is 9.48 Å². The minimum Gasteiger partial charge on any atom is -0.493 e. The van der Waals surface area contributed by atoms with E-state index in [1.165, 1.54) is 17.9 Å². The Morgan fingerprint density at radius 3 is 2.71 bits per heavy atom. The van der Waals surface area contributed by atoms with Crippen LogP contribution in [0.25, 0.3) is 0 Å². The zero-order valence-corrected chi connectivity index (χ0v) is 13.6. The van der Waals surface area contributed by atoms with Crippen molar-refractivity contribution in [3.05, 3.63) is 46.9 Å². The summed E-state index contributed by atoms with van der Waals surface area (Å²) in [5, 5.41) is 9.38. The molecule has 0 unspecified atom stereocenters. The van der Waals surface area contributed by atoms with E-state index in [9.17, 15) is 9.59 Å². The molecule has 2 amide bonds. The van der Waals surface area contributed by atoms with Gasteiger partial charge in [0.2, 0.25) is 0 Å². The Labute approximate surface area is 139 Å². The highest BCUT2D eigenvalue weighted by atomic mass is 16.5. The Morgan fingerprint density at radius 1 is 1.21 bits per heavy atom. The third-order valence-electron chi connectivity index (χ3n) is 3.26. The second kappa shape index (κ2) is 8.56. The predicted molar refractivity (Wildman–Crippen MR) is 89.7 cm³/mol. The van der Waals surface area contributed by atoms with Crippen molar-refractivity contribution < 1.29 is 14.3 Å². The zero-order valence-electron chi connectivity index (χ0n) is 13.6. The first-order valence-corrected chi connectivity index (χ1v) is 7.43. The molecule has 24 heavy (non-hydrogen) atoms. The molecule has 0 spiro atoms. The highest BCUT2D eigenvalue weighted by Gasteiger charge is 2.07. The van der Waals surface area contributed by atoms with Gasteiger partial charge in [-0.05, 0) is 24.6 Å². The van der Waals surface area contributed by atoms with E-state index in [0.29, 0.717) is 36.7 Å². The SMILES string of the molecule is COc1ccc(NC(=O)NCCCn2ncccc2=O)cc1OC. The molecule has 0 bridgehead atoms. The summed E-state index contributed by atoms with van der Waals surface area (Å²) in [5.41, 5.74) is 0.429. The average molecular weight is 332 g/mol. The van der Waals surface area contributed by atoms with Crippen LogP contribution in [0.3, 0.4) is 0 Å². The van der Waals surface area contributed by atoms with Crippen molar-refractivity contribution >= 4 is 11.7 Å². The number of nitrogens with one attached hydrogen (secondary N) is 2. The van der Waals surface area contributed by atoms with E-state index in [-0.39, 0.29) is 11.6 Å². The quantitative estimate of drug-likeness (QED) is 0.749. The lowest BCUT2D eigenvalue weighted by atomic mass is 10.3. The van der Waals surface area contributed by atoms with Crippen LogP contribution in [-0.2, 0) is 6.54 Å². The molecule has 128 valence electrons. The smallest absolute Gasteiger partial charge is 0.319 e. The molecule has 0 aliphatic rings. The molecule has 1 heterocycles. The van der Waals surface area contributed by atoms with Crippen LogP contribution in [-0.4, -0.2) is 36.6 Å². The molecule has 8 heteroatoms. The number of aromatic nitrogens is 2. The van der Waals surface area contributed by atoms with Gasteiger partial charge < -0.3 is 20.1 Å². The van der Waals surface area contributed by atoms with Gasteiger partial charge in [-0.2, -0.15) is 5.10 Å². The van der Waals surface area contributed by atoms with Crippen LogP contribution in [0.1, 0.15) is 6.42 Å². The summed E-state index contributed by atoms with van der Waals surface area (Å²) in [6, 6.07) is 7.80. The number of anilines is 1. The summed E-state index contributed by atoms with van der Waals surface area (Å²) in [5.74, 6) is 1.12. The summed E-state index contributed by atoms with van der Waals surface area (Å²) in [6.07, 6.45) is 2.15. The lowest BCUT2D eigenvalue weighted by Crippen LogP contribution is -2.31. The Morgan fingerprint density at radius 2 is 2.00 bits per heavy atom. The van der Waals surface area contributed by atoms with Crippen LogP contribution in [0, 0.1) is 0 Å². The van der Waals surface area contributed by atoms with Gasteiger partial charge in [0.1, 0.15) is 0 Å². The number of ether oxygens (including phenoxy) is 2. The van der Waals surface area contributed by atoms with Crippen molar-refractivity contribution in [3.63, 3.8) is 0 Å². The van der Waals surface area contributed by atoms with Gasteiger partial charge in [0, 0.05) is 37.1 Å². The van der Waals surface area contributed by atoms with Crippen molar-refractivity contribution in [2.24, 2.45) is 0 Å². The van der Waals surface area contributed by atoms with Gasteiger partial charge in [0.15, 0.2) is 11.5 Å². The molecule has 0 saturated carbocycles. The number of hydrogen-bond acceptors (Lipinski definition) is 5. The van der Waals surface area contributed by atoms with E-state index in [1.807, 2.05) is 0 Å². The summed E-state index contributed by atoms with van der Waals surface area (Å²) in [4.78, 5) is 23.3. The largest absolute Gasteiger partial charge is 0.493 e. The number of aryl methyl sites for hydroxylation is 1. The van der Waals surface area contributed by atoms with Crippen molar-refractivity contribution in [1.29, 1.82) is 0 Å². The highest BCUT2D eigenvalue weighted by molar-refractivity contribution is 5.89. The normalized spacial score (nSPS) is 10.1. The molecule has 1 aromatic carbocycles. The van der Waals surface area contributed by atoms with Gasteiger partial charge in [0.05, 0.1) is 14.2 Å². The number of carbonyl (C=O) groups excluding carboxylic acids is 1. The zero-order chi connectivity index (χ0) is 17.4. The van der Waals surface area contributed by atoms with Crippen molar-refractivity contribution in [3.8, 4) is 11.5 Å². The van der Waals surface area contributed by atoms with Crippen LogP contribution in [0.5, 0.6) is 11.5 Å². The molecule has 2 rings (SSSR count). The summed E-state index contributed by atoms with van der Waals surface area (Å²) < 4.78 is 11.7. The van der Waals surface area contributed by atoms with Gasteiger partial charge in [-0.3, -0.25) is 4.79 Å². The van der Waals surface area contributed by atoms with Gasteiger partial charge in [-0.1, -0.05) is 0 Å². The first-order valence-electron chi connectivity index (χ1n) is 7.43. The first-order chi connectivity index (χ1) is 11.6. The number of carbonyl (C=O) groups is 1. The Hall–Kier alpha value is -3.03. The molecular weight excluding hydrogens is 312 g/mol. The predicted octanol–water partition coefficient (Wildman–Crippen LogP) is 1.47. The summed E-state index contributed by atoms with van der Waals surface area (Å²) in [7, 11) is 3.08. The van der Waals surface area contributed by atoms with Crippen LogP contribution in [0.15, 0.2) is 41.3 Å². The fourth-order valence-corrected chi connectivity index (χ4v) is 2.08. The molecule has 1 aromatic heterocycles. The van der Waals surface area contributed by atoms with Crippen molar-refractivity contribution in [1.82, 2.24) is 15.1 Å². The third-order valence-corrected chi connectivity index (χ3v) is 3.26. The molecule has 2 N–H and O–H groups in total. The van der Waals surface area contributed by atoms with Crippen LogP contribution >= 0.6 is 0 Å². The van der Waals surface area contributed by atoms with E-state index in [2.05, 4.69) is 15.7 Å². The van der Waals surface area contributed by atoms with E-state index in [0.717, 1.165) is 0 Å². The van der Waals surface area contributed by atoms with Crippen LogP contribution in [0.2, 0.25) is 0 Å². The number of urea groups is 1. The number of benzene rings is 1. The maximum Gasteiger partial charge on any atom is 0.319 e. The van der Waals surface area contributed by atoms with E-state index in [1.54, 1.807) is 37.6 Å². The Balaban J connectivity index is 1.79. The fraction of sp³-hybridized carbons (Fsp3) is 0.312. The van der Waals surface area contributed by atoms with Gasteiger partial charge in [0.25, 0.3) is 5.56 Å². The summed E-state index contributed by atoms with van der Waals surface area (Å²) in [6.45, 7) is 0.860. The van der Waals surface area contributed by atoms with Gasteiger partial charge in [-0.15, -0.1) is 0 Å². The lowest BCUT2D eigenvalue weighted by molar-refractivity contribution is 0.251. The van der Waals surface area contributed by atoms with E-state index in [4.69, 9.17) is 9.47 Å². The maximum atomic E-state index is 11.9. The molecule has 0 radical (unpaired) electrons. The lowest BCUT2D eigenvalue weighted by Gasteiger charge is -2.11. The first kappa shape index (κ1) is 17.3. The Kier molecular flexibility index (Phi) is 6.18. The second-order valence-electron chi connectivity index (χ2n) is 4.89. The van der Waals surface area contributed by atoms with Crippen LogP contribution in [0.4, 0.5) is 10.5 Å². The summed E-state index contributed by atoms with van der Waals surface area (Å²) >= 11 is 0. The fourth-order valence-electron chi connectivity index (χ4n) is 2.08. The number of amides is 2. The monoisotopic (exact) mass is 332 g/mol. The third kappa shape index (κ3) is 4.73. The highest BCUT2D eigenvalue weighted by Crippen LogP contribution is 2.29. The second-order valence-corrected chi connectivity index (χ2v) is 4.89. The van der Waals surface area contributed by atoms with Crippen molar-refractivity contribution in [2.45, 2.75) is 13.0 Å². The molecule has 0 aliphatic heterocycles. The van der Waals surface area contributed by atoms with Gasteiger partial charge >= 0.3 is 6.03 Å². The molecule has 2 aromatic rings. The average Bonchev–Trinajstić information content (AvgIpc) is 2.60. The van der Waals surface area contributed by atoms with Crippen LogP contribution < -0.4 is 25.7 Å². The maximum absolute atomic E-state index is 11.9. The standard InChI is InChI=1S/C16H20N4O4/c1-23-13-7-6-12(11-14(13)24-2)19-16(22)17-8-4-10-20-15(21)5-3-9-18-20/h3,5-7,9,11H,4,8,10H2,1-2H3,(H2,17,19,22). The molecule has 0 saturated heterocycles. The molecule has 0 atom stereocenters. The van der Waals surface area contributed by atoms with E-state index < -0.39 is 0 Å². The number of rotatable bonds is 7. The minimum absolute atomic E-state index is 0.160. The Bertz CT molecular complexity index is 745. The number of hydrogen-bond donors (Lipinski definition) is 2. The molecule has 0 fully saturated rings. The van der Waals surface area contributed by atoms with Crippen molar-refractivity contribution in [2.75, 3.05) is 26.1 Å². The minimum atomic E-state index is -0.337. The topological polar surface area (TPSA) is 94.5 Å². The van der Waals surface area contributed by atoms with E-state index >= 15 is 0 Å². The molecule has 8 nitrogen and oxygen atoms in total. The number of methoxy groups -OCH3 is 2. The molecular formula is C16H20N4O4. The molecule has 0 aliphatic carbocycles. The number of nitrogens with zero attached hydrogens (tertiary/aromatic N) is 2.